The number of carbonyl (C=O) groups is 2. The highest BCUT2D eigenvalue weighted by atomic mass is 35.5. The maximum Gasteiger partial charge on any atom is 0.326 e. The molecule has 0 heterocycles. The second-order valence-electron chi connectivity index (χ2n) is 5.10. The van der Waals surface area contributed by atoms with E-state index < -0.39 is 12.0 Å². The van der Waals surface area contributed by atoms with Gasteiger partial charge in [0.15, 0.2) is 0 Å². The first-order valence-corrected chi connectivity index (χ1v) is 7.67. The third-order valence-corrected chi connectivity index (χ3v) is 3.82. The standard InChI is InChI=1S/C17H18ClNO3/c1-12(17(21)22)19(16(20)7-4-10-18)15-9-8-13-5-2-3-6-14(13)11-15/h2-3,5-6,8-9,11-12H,4,7,10H2,1H3,(H,21,22)/t12-/m1/s1. The topological polar surface area (TPSA) is 57.6 Å². The minimum absolute atomic E-state index is 0.230. The first-order chi connectivity index (χ1) is 10.5. The van der Waals surface area contributed by atoms with Crippen LogP contribution in [0, 0.1) is 0 Å². The molecule has 0 saturated carbocycles. The molecule has 0 aliphatic heterocycles. The van der Waals surface area contributed by atoms with Gasteiger partial charge in [-0.2, -0.15) is 0 Å². The molecule has 2 rings (SSSR count). The van der Waals surface area contributed by atoms with Crippen molar-refractivity contribution < 1.29 is 14.7 Å². The largest absolute Gasteiger partial charge is 0.480 e. The number of anilines is 1. The van der Waals surface area contributed by atoms with Crippen LogP contribution in [0.1, 0.15) is 19.8 Å². The smallest absolute Gasteiger partial charge is 0.326 e. The van der Waals surface area contributed by atoms with Gasteiger partial charge >= 0.3 is 5.97 Å². The summed E-state index contributed by atoms with van der Waals surface area (Å²) in [6.07, 6.45) is 0.755. The zero-order chi connectivity index (χ0) is 16.1. The fourth-order valence-electron chi connectivity index (χ4n) is 2.36. The number of fused-ring (bicyclic) bond motifs is 1. The summed E-state index contributed by atoms with van der Waals surface area (Å²) in [6.45, 7) is 1.51. The number of alkyl halides is 1. The molecule has 1 atom stereocenters. The van der Waals surface area contributed by atoms with E-state index in [1.165, 1.54) is 11.8 Å². The number of nitrogens with zero attached hydrogens (tertiary/aromatic N) is 1. The Labute approximate surface area is 134 Å². The monoisotopic (exact) mass is 319 g/mol. The number of rotatable bonds is 6. The van der Waals surface area contributed by atoms with E-state index in [9.17, 15) is 14.7 Å². The van der Waals surface area contributed by atoms with Crippen molar-refractivity contribution in [2.45, 2.75) is 25.8 Å². The zero-order valence-electron chi connectivity index (χ0n) is 12.3. The Hall–Kier alpha value is -2.07. The Balaban J connectivity index is 2.41. The van der Waals surface area contributed by atoms with Crippen LogP contribution < -0.4 is 4.90 Å². The van der Waals surface area contributed by atoms with Gasteiger partial charge < -0.3 is 5.11 Å². The Kier molecular flexibility index (Phi) is 5.39. The van der Waals surface area contributed by atoms with E-state index in [1.54, 1.807) is 6.07 Å². The highest BCUT2D eigenvalue weighted by Gasteiger charge is 2.26. The van der Waals surface area contributed by atoms with Gasteiger partial charge in [0.25, 0.3) is 0 Å². The van der Waals surface area contributed by atoms with Gasteiger partial charge in [0, 0.05) is 18.0 Å². The molecule has 4 nitrogen and oxygen atoms in total. The third-order valence-electron chi connectivity index (χ3n) is 3.55. The van der Waals surface area contributed by atoms with E-state index in [0.29, 0.717) is 18.0 Å². The molecule has 0 radical (unpaired) electrons. The molecule has 5 heteroatoms. The van der Waals surface area contributed by atoms with E-state index in [4.69, 9.17) is 11.6 Å². The van der Waals surface area contributed by atoms with Crippen LogP contribution >= 0.6 is 11.6 Å². The lowest BCUT2D eigenvalue weighted by Crippen LogP contribution is -2.43. The number of benzene rings is 2. The van der Waals surface area contributed by atoms with Gasteiger partial charge in [0.05, 0.1) is 0 Å². The molecule has 0 spiro atoms. The van der Waals surface area contributed by atoms with Gasteiger partial charge in [-0.15, -0.1) is 11.6 Å². The maximum absolute atomic E-state index is 12.4. The molecule has 0 aliphatic carbocycles. The van der Waals surface area contributed by atoms with Crippen molar-refractivity contribution in [1.82, 2.24) is 0 Å². The molecule has 2 aromatic rings. The molecule has 1 N–H and O–H groups in total. The minimum Gasteiger partial charge on any atom is -0.480 e. The number of carboxylic acids is 1. The van der Waals surface area contributed by atoms with Crippen molar-refractivity contribution >= 4 is 39.9 Å². The van der Waals surface area contributed by atoms with Crippen LogP contribution in [0.4, 0.5) is 5.69 Å². The van der Waals surface area contributed by atoms with E-state index in [-0.39, 0.29) is 12.3 Å². The Morgan fingerprint density at radius 3 is 2.50 bits per heavy atom. The lowest BCUT2D eigenvalue weighted by atomic mass is 10.1. The third kappa shape index (κ3) is 3.57. The average molecular weight is 320 g/mol. The van der Waals surface area contributed by atoms with E-state index >= 15 is 0 Å². The second-order valence-corrected chi connectivity index (χ2v) is 5.48. The first-order valence-electron chi connectivity index (χ1n) is 7.14. The fourth-order valence-corrected chi connectivity index (χ4v) is 2.49. The summed E-state index contributed by atoms with van der Waals surface area (Å²) < 4.78 is 0. The molecule has 0 bridgehead atoms. The summed E-state index contributed by atoms with van der Waals surface area (Å²) in [7, 11) is 0. The summed E-state index contributed by atoms with van der Waals surface area (Å²) >= 11 is 5.63. The van der Waals surface area contributed by atoms with Crippen molar-refractivity contribution in [3.63, 3.8) is 0 Å². The number of halogens is 1. The average Bonchev–Trinajstić information content (AvgIpc) is 2.52. The van der Waals surface area contributed by atoms with Crippen LogP contribution in [0.25, 0.3) is 10.8 Å². The highest BCUT2D eigenvalue weighted by molar-refractivity contribution is 6.18. The van der Waals surface area contributed by atoms with Crippen LogP contribution in [0.5, 0.6) is 0 Å². The molecular formula is C17H18ClNO3. The summed E-state index contributed by atoms with van der Waals surface area (Å²) in [5.41, 5.74) is 0.591. The molecule has 0 fully saturated rings. The quantitative estimate of drug-likeness (QED) is 0.827. The van der Waals surface area contributed by atoms with E-state index in [0.717, 1.165) is 10.8 Å². The van der Waals surface area contributed by atoms with Crippen LogP contribution in [-0.4, -0.2) is 28.9 Å². The van der Waals surface area contributed by atoms with Crippen molar-refractivity contribution in [3.8, 4) is 0 Å². The highest BCUT2D eigenvalue weighted by Crippen LogP contribution is 2.24. The van der Waals surface area contributed by atoms with Gasteiger partial charge in [-0.3, -0.25) is 9.69 Å². The van der Waals surface area contributed by atoms with E-state index in [2.05, 4.69) is 0 Å². The van der Waals surface area contributed by atoms with Gasteiger partial charge in [-0.1, -0.05) is 30.3 Å². The molecule has 22 heavy (non-hydrogen) atoms. The number of amides is 1. The number of carbonyl (C=O) groups excluding carboxylic acids is 1. The van der Waals surface area contributed by atoms with Gasteiger partial charge in [0.2, 0.25) is 5.91 Å². The first kappa shape index (κ1) is 16.3. The molecule has 1 amide bonds. The fraction of sp³-hybridized carbons (Fsp3) is 0.294. The summed E-state index contributed by atoms with van der Waals surface area (Å²) in [4.78, 5) is 25.1. The van der Waals surface area contributed by atoms with Crippen molar-refractivity contribution in [2.75, 3.05) is 10.8 Å². The summed E-state index contributed by atoms with van der Waals surface area (Å²) in [5.74, 6) is -0.892. The number of hydrogen-bond donors (Lipinski definition) is 1. The van der Waals surface area contributed by atoms with Gasteiger partial charge in [-0.25, -0.2) is 4.79 Å². The molecular weight excluding hydrogens is 302 g/mol. The normalized spacial score (nSPS) is 12.1. The lowest BCUT2D eigenvalue weighted by Gasteiger charge is -2.27. The molecule has 0 saturated heterocycles. The second kappa shape index (κ2) is 7.27. The van der Waals surface area contributed by atoms with Crippen molar-refractivity contribution in [1.29, 1.82) is 0 Å². The van der Waals surface area contributed by atoms with Crippen LogP contribution in [0.2, 0.25) is 0 Å². The van der Waals surface area contributed by atoms with Gasteiger partial charge in [0.1, 0.15) is 6.04 Å². The lowest BCUT2D eigenvalue weighted by molar-refractivity contribution is -0.139. The predicted octanol–water partition coefficient (Wildman–Crippen LogP) is 3.66. The SMILES string of the molecule is C[C@H](C(=O)O)N(C(=O)CCCCl)c1ccc2ccccc2c1. The number of carboxylic acid groups (broad SMARTS) is 1. The van der Waals surface area contributed by atoms with Crippen molar-refractivity contribution in [3.05, 3.63) is 42.5 Å². The summed E-state index contributed by atoms with van der Waals surface area (Å²) in [6, 6.07) is 12.3. The Bertz CT molecular complexity index is 686. The number of hydrogen-bond acceptors (Lipinski definition) is 2. The summed E-state index contributed by atoms with van der Waals surface area (Å²) in [5, 5.41) is 11.3. The van der Waals surface area contributed by atoms with Crippen LogP contribution in [0.3, 0.4) is 0 Å². The maximum atomic E-state index is 12.4. The minimum atomic E-state index is -1.03. The molecule has 0 aromatic heterocycles. The molecule has 0 aliphatic rings. The molecule has 2 aromatic carbocycles. The molecule has 0 unspecified atom stereocenters. The van der Waals surface area contributed by atoms with E-state index in [1.807, 2.05) is 36.4 Å². The van der Waals surface area contributed by atoms with Crippen molar-refractivity contribution in [2.24, 2.45) is 0 Å². The Morgan fingerprint density at radius 1 is 1.18 bits per heavy atom. The zero-order valence-corrected chi connectivity index (χ0v) is 13.1. The number of aliphatic carboxylic acids is 1. The molecule has 116 valence electrons. The van der Waals surface area contributed by atoms with Gasteiger partial charge in [-0.05, 0) is 36.2 Å². The Morgan fingerprint density at radius 2 is 1.86 bits per heavy atom. The predicted molar refractivity (Wildman–Crippen MR) is 88.5 cm³/mol. The van der Waals surface area contributed by atoms with Crippen LogP contribution in [0.15, 0.2) is 42.5 Å². The van der Waals surface area contributed by atoms with Crippen LogP contribution in [-0.2, 0) is 9.59 Å².